The van der Waals surface area contributed by atoms with Crippen molar-refractivity contribution in [1.29, 1.82) is 0 Å². The lowest BCUT2D eigenvalue weighted by Crippen LogP contribution is -2.06. The number of hydrogen-bond acceptors (Lipinski definition) is 5. The molecule has 1 heterocycles. The molecule has 2 N–H and O–H groups in total. The highest BCUT2D eigenvalue weighted by Crippen LogP contribution is 2.35. The maximum absolute atomic E-state index is 12.5. The molecule has 1 aromatic heterocycles. The Hall–Kier alpha value is -2.79. The number of fused-ring (bicyclic) bond motifs is 5. The highest BCUT2D eigenvalue weighted by Gasteiger charge is 2.17. The zero-order chi connectivity index (χ0) is 16.1. The lowest BCUT2D eigenvalue weighted by Gasteiger charge is -2.10. The molecule has 0 amide bonds. The smallest absolute Gasteiger partial charge is 0.346 e. The minimum Gasteiger partial charge on any atom is -0.422 e. The van der Waals surface area contributed by atoms with E-state index in [9.17, 15) is 9.59 Å². The molecule has 0 spiro atoms. The third-order valence-electron chi connectivity index (χ3n) is 4.05. The summed E-state index contributed by atoms with van der Waals surface area (Å²) in [5.74, 6) is 0. The predicted octanol–water partition coefficient (Wildman–Crippen LogP) is 3.78. The van der Waals surface area contributed by atoms with Crippen LogP contribution in [-0.4, -0.2) is 6.29 Å². The molecule has 0 atom stereocenters. The first-order valence-electron chi connectivity index (χ1n) is 6.96. The van der Waals surface area contributed by atoms with Crippen LogP contribution in [0.15, 0.2) is 56.6 Å². The van der Waals surface area contributed by atoms with Gasteiger partial charge in [0.15, 0.2) is 6.29 Å². The molecule has 0 bridgehead atoms. The van der Waals surface area contributed by atoms with Gasteiger partial charge in [0.2, 0.25) is 0 Å². The van der Waals surface area contributed by atoms with Crippen molar-refractivity contribution < 1.29 is 9.21 Å². The fourth-order valence-corrected chi connectivity index (χ4v) is 3.35. The monoisotopic (exact) mass is 321 g/mol. The summed E-state index contributed by atoms with van der Waals surface area (Å²) in [6.07, 6.45) is 0.610. The first-order chi connectivity index (χ1) is 11.1. The summed E-state index contributed by atoms with van der Waals surface area (Å²) in [7, 11) is 0. The Bertz CT molecular complexity index is 1180. The summed E-state index contributed by atoms with van der Waals surface area (Å²) in [5.41, 5.74) is 6.26. The van der Waals surface area contributed by atoms with E-state index in [0.717, 1.165) is 16.2 Å². The van der Waals surface area contributed by atoms with Crippen LogP contribution in [-0.2, 0) is 0 Å². The number of carbonyl (C=O) groups excluding carboxylic acids is 1. The topological polar surface area (TPSA) is 73.3 Å². The molecule has 0 radical (unpaired) electrons. The van der Waals surface area contributed by atoms with Gasteiger partial charge in [-0.05, 0) is 17.5 Å². The maximum Gasteiger partial charge on any atom is 0.346 e. The van der Waals surface area contributed by atoms with Gasteiger partial charge in [0.1, 0.15) is 5.58 Å². The molecule has 0 saturated carbocycles. The average molecular weight is 321 g/mol. The van der Waals surface area contributed by atoms with Crippen LogP contribution in [0.3, 0.4) is 0 Å². The van der Waals surface area contributed by atoms with Crippen molar-refractivity contribution in [2.75, 3.05) is 5.73 Å². The third-order valence-corrected chi connectivity index (χ3v) is 4.41. The molecule has 3 aromatic carbocycles. The van der Waals surface area contributed by atoms with Crippen molar-refractivity contribution in [2.45, 2.75) is 4.90 Å². The number of thiol groups is 1. The number of nitrogens with two attached hydrogens (primary N) is 1. The molecule has 23 heavy (non-hydrogen) atoms. The number of hydrogen-bond donors (Lipinski definition) is 2. The molecule has 0 saturated heterocycles. The number of benzene rings is 3. The van der Waals surface area contributed by atoms with Crippen molar-refractivity contribution in [3.8, 4) is 0 Å². The summed E-state index contributed by atoms with van der Waals surface area (Å²) in [4.78, 5) is 24.1. The van der Waals surface area contributed by atoms with Crippen molar-refractivity contribution in [2.24, 2.45) is 0 Å². The van der Waals surface area contributed by atoms with Crippen LogP contribution >= 0.6 is 12.6 Å². The summed E-state index contributed by atoms with van der Waals surface area (Å²) < 4.78 is 5.54. The first-order valence-corrected chi connectivity index (χ1v) is 7.41. The van der Waals surface area contributed by atoms with Gasteiger partial charge >= 0.3 is 5.63 Å². The SMILES string of the molecule is Nc1c(C=O)cc(S)c2c1c(=O)oc1c3ccccc3ccc12. The van der Waals surface area contributed by atoms with E-state index in [0.29, 0.717) is 22.2 Å². The molecule has 4 nitrogen and oxygen atoms in total. The van der Waals surface area contributed by atoms with Crippen molar-refractivity contribution in [3.05, 3.63) is 58.4 Å². The standard InChI is InChI=1S/C18H11NO3S/c19-16-10(8-20)7-13(23)14-12-6-5-9-3-1-2-4-11(9)17(12)22-18(21)15(14)16/h1-8,23H,19H2. The number of carbonyl (C=O) groups is 1. The number of rotatable bonds is 1. The van der Waals surface area contributed by atoms with Gasteiger partial charge in [0.05, 0.1) is 11.1 Å². The predicted molar refractivity (Wildman–Crippen MR) is 94.5 cm³/mol. The minimum absolute atomic E-state index is 0.122. The second kappa shape index (κ2) is 4.86. The van der Waals surface area contributed by atoms with Gasteiger partial charge in [0, 0.05) is 26.6 Å². The molecule has 4 aromatic rings. The summed E-state index contributed by atoms with van der Waals surface area (Å²) in [6.45, 7) is 0. The van der Waals surface area contributed by atoms with Crippen LogP contribution in [0, 0.1) is 0 Å². The Balaban J connectivity index is 2.36. The summed E-state index contributed by atoms with van der Waals surface area (Å²) in [6, 6.07) is 13.1. The quantitative estimate of drug-likeness (QED) is 0.184. The molecule has 0 aliphatic carbocycles. The molecule has 4 rings (SSSR count). The van der Waals surface area contributed by atoms with E-state index in [1.54, 1.807) is 6.07 Å². The summed E-state index contributed by atoms with van der Waals surface area (Å²) in [5, 5.41) is 3.36. The van der Waals surface area contributed by atoms with Gasteiger partial charge in [-0.2, -0.15) is 0 Å². The van der Waals surface area contributed by atoms with E-state index in [4.69, 9.17) is 10.2 Å². The summed E-state index contributed by atoms with van der Waals surface area (Å²) >= 11 is 4.44. The minimum atomic E-state index is -0.569. The van der Waals surface area contributed by atoms with Gasteiger partial charge < -0.3 is 10.2 Å². The number of anilines is 1. The van der Waals surface area contributed by atoms with Gasteiger partial charge in [0.25, 0.3) is 0 Å². The Kier molecular flexibility index (Phi) is 2.92. The van der Waals surface area contributed by atoms with E-state index in [1.807, 2.05) is 36.4 Å². The Morgan fingerprint density at radius 2 is 1.83 bits per heavy atom. The third kappa shape index (κ3) is 1.87. The van der Waals surface area contributed by atoms with E-state index >= 15 is 0 Å². The molecule has 5 heteroatoms. The second-order valence-electron chi connectivity index (χ2n) is 5.32. The van der Waals surface area contributed by atoms with Crippen LogP contribution in [0.5, 0.6) is 0 Å². The van der Waals surface area contributed by atoms with Crippen LogP contribution < -0.4 is 11.4 Å². The Morgan fingerprint density at radius 1 is 1.04 bits per heavy atom. The van der Waals surface area contributed by atoms with E-state index in [1.165, 1.54) is 0 Å². The molecule has 0 aliphatic rings. The van der Waals surface area contributed by atoms with E-state index in [2.05, 4.69) is 12.6 Å². The zero-order valence-corrected chi connectivity index (χ0v) is 12.8. The zero-order valence-electron chi connectivity index (χ0n) is 11.9. The van der Waals surface area contributed by atoms with Crippen LogP contribution in [0.2, 0.25) is 0 Å². The number of aldehydes is 1. The van der Waals surface area contributed by atoms with Crippen LogP contribution in [0.25, 0.3) is 32.5 Å². The molecular formula is C18H11NO3S. The maximum atomic E-state index is 12.5. The second-order valence-corrected chi connectivity index (χ2v) is 5.80. The Labute approximate surface area is 135 Å². The van der Waals surface area contributed by atoms with Gasteiger partial charge in [-0.25, -0.2) is 4.79 Å². The molecular weight excluding hydrogens is 310 g/mol. The van der Waals surface area contributed by atoms with E-state index in [-0.39, 0.29) is 16.6 Å². The molecule has 0 unspecified atom stereocenters. The van der Waals surface area contributed by atoms with Crippen molar-refractivity contribution in [1.82, 2.24) is 0 Å². The average Bonchev–Trinajstić information content (AvgIpc) is 2.57. The largest absolute Gasteiger partial charge is 0.422 e. The molecule has 112 valence electrons. The van der Waals surface area contributed by atoms with Gasteiger partial charge in [-0.3, -0.25) is 4.79 Å². The van der Waals surface area contributed by atoms with Crippen molar-refractivity contribution in [3.63, 3.8) is 0 Å². The van der Waals surface area contributed by atoms with Gasteiger partial charge in [-0.15, -0.1) is 12.6 Å². The lowest BCUT2D eigenvalue weighted by molar-refractivity contribution is 0.112. The van der Waals surface area contributed by atoms with Gasteiger partial charge in [-0.1, -0.05) is 30.3 Å². The molecule has 0 aliphatic heterocycles. The highest BCUT2D eigenvalue weighted by atomic mass is 32.1. The normalized spacial score (nSPS) is 11.3. The fraction of sp³-hybridized carbons (Fsp3) is 0. The lowest BCUT2D eigenvalue weighted by atomic mass is 10.00. The Morgan fingerprint density at radius 3 is 2.61 bits per heavy atom. The number of nitrogen functional groups attached to an aromatic ring is 1. The van der Waals surface area contributed by atoms with Crippen LogP contribution in [0.4, 0.5) is 5.69 Å². The van der Waals surface area contributed by atoms with E-state index < -0.39 is 5.63 Å². The molecule has 0 fully saturated rings. The highest BCUT2D eigenvalue weighted by molar-refractivity contribution is 7.80. The first kappa shape index (κ1) is 13.8. The fourth-order valence-electron chi connectivity index (χ4n) is 2.98. The van der Waals surface area contributed by atoms with Crippen molar-refractivity contribution >= 4 is 57.1 Å². The van der Waals surface area contributed by atoms with Crippen LogP contribution in [0.1, 0.15) is 10.4 Å².